The van der Waals surface area contributed by atoms with Crippen LogP contribution in [-0.2, 0) is 17.9 Å². The Kier molecular flexibility index (Phi) is 3.48. The van der Waals surface area contributed by atoms with E-state index in [1.165, 1.54) is 38.5 Å². The Hall–Kier alpha value is -0.800. The van der Waals surface area contributed by atoms with Gasteiger partial charge in [0.2, 0.25) is 0 Å². The van der Waals surface area contributed by atoms with Crippen LogP contribution in [0.1, 0.15) is 50.0 Å². The summed E-state index contributed by atoms with van der Waals surface area (Å²) in [5, 5.41) is 3.45. The number of hydrogen-bond donors (Lipinski definition) is 1. The summed E-state index contributed by atoms with van der Waals surface area (Å²) in [4.78, 5) is 0. The van der Waals surface area contributed by atoms with E-state index in [0.29, 0.717) is 12.7 Å². The Morgan fingerprint density at radius 2 is 1.88 bits per heavy atom. The van der Waals surface area contributed by atoms with Crippen molar-refractivity contribution in [3.05, 3.63) is 23.7 Å². The topological polar surface area (TPSA) is 34.4 Å². The summed E-state index contributed by atoms with van der Waals surface area (Å²) in [7, 11) is 0. The van der Waals surface area contributed by atoms with Gasteiger partial charge in [0.25, 0.3) is 0 Å². The van der Waals surface area contributed by atoms with Crippen molar-refractivity contribution in [3.8, 4) is 0 Å². The Bertz CT molecular complexity index is 351. The Morgan fingerprint density at radius 3 is 2.65 bits per heavy atom. The van der Waals surface area contributed by atoms with Gasteiger partial charge in [-0.1, -0.05) is 12.8 Å². The maximum absolute atomic E-state index is 5.83. The van der Waals surface area contributed by atoms with E-state index in [0.717, 1.165) is 24.1 Å². The summed E-state index contributed by atoms with van der Waals surface area (Å²) >= 11 is 0. The summed E-state index contributed by atoms with van der Waals surface area (Å²) in [5.74, 6) is 1.99. The van der Waals surface area contributed by atoms with Crippen LogP contribution in [0.2, 0.25) is 0 Å². The van der Waals surface area contributed by atoms with Crippen LogP contribution >= 0.6 is 0 Å². The molecule has 2 saturated carbocycles. The van der Waals surface area contributed by atoms with Gasteiger partial charge in [-0.05, 0) is 37.8 Å². The molecular formula is C14H21NO2. The minimum atomic E-state index is 0.466. The lowest BCUT2D eigenvalue weighted by molar-refractivity contribution is 0.0352. The molecular weight excluding hydrogens is 214 g/mol. The molecule has 0 atom stereocenters. The molecule has 17 heavy (non-hydrogen) atoms. The first-order chi connectivity index (χ1) is 8.40. The molecule has 2 fully saturated rings. The summed E-state index contributed by atoms with van der Waals surface area (Å²) in [6.45, 7) is 1.49. The van der Waals surface area contributed by atoms with Gasteiger partial charge in [-0.25, -0.2) is 0 Å². The normalized spacial score (nSPS) is 21.2. The average Bonchev–Trinajstić information content (AvgIpc) is 2.86. The van der Waals surface area contributed by atoms with E-state index < -0.39 is 0 Å². The highest BCUT2D eigenvalue weighted by Gasteiger charge is 2.20. The van der Waals surface area contributed by atoms with Gasteiger partial charge in [0, 0.05) is 6.04 Å². The smallest absolute Gasteiger partial charge is 0.129 e. The van der Waals surface area contributed by atoms with Crippen molar-refractivity contribution in [1.29, 1.82) is 0 Å². The van der Waals surface area contributed by atoms with Crippen molar-refractivity contribution in [2.75, 3.05) is 0 Å². The van der Waals surface area contributed by atoms with E-state index in [1.54, 1.807) is 0 Å². The minimum Gasteiger partial charge on any atom is -0.462 e. The van der Waals surface area contributed by atoms with E-state index in [1.807, 2.05) is 6.07 Å². The molecule has 0 aliphatic heterocycles. The molecule has 0 radical (unpaired) electrons. The molecule has 0 amide bonds. The Balaban J connectivity index is 1.42. The number of rotatable bonds is 6. The molecule has 0 aromatic carbocycles. The molecule has 1 heterocycles. The highest BCUT2D eigenvalue weighted by Crippen LogP contribution is 2.23. The van der Waals surface area contributed by atoms with E-state index in [-0.39, 0.29) is 0 Å². The largest absolute Gasteiger partial charge is 0.462 e. The van der Waals surface area contributed by atoms with Gasteiger partial charge in [0.1, 0.15) is 18.1 Å². The first-order valence-corrected chi connectivity index (χ1v) is 6.83. The fourth-order valence-corrected chi connectivity index (χ4v) is 2.38. The van der Waals surface area contributed by atoms with Gasteiger partial charge in [-0.15, -0.1) is 0 Å². The predicted octanol–water partition coefficient (Wildman–Crippen LogP) is 2.99. The minimum absolute atomic E-state index is 0.466. The quantitative estimate of drug-likeness (QED) is 0.823. The summed E-state index contributed by atoms with van der Waals surface area (Å²) in [6, 6.07) is 4.83. The summed E-state index contributed by atoms with van der Waals surface area (Å²) in [5.41, 5.74) is 0. The molecule has 0 saturated heterocycles. The highest BCUT2D eigenvalue weighted by molar-refractivity contribution is 5.06. The molecule has 3 heteroatoms. The SMILES string of the molecule is c1cc(COC2CCCC2)oc1CNC1CC1. The lowest BCUT2D eigenvalue weighted by atomic mass is 10.3. The van der Waals surface area contributed by atoms with Gasteiger partial charge in [0.15, 0.2) is 0 Å². The molecule has 1 N–H and O–H groups in total. The van der Waals surface area contributed by atoms with Crippen molar-refractivity contribution in [3.63, 3.8) is 0 Å². The van der Waals surface area contributed by atoms with Gasteiger partial charge in [-0.3, -0.25) is 0 Å². The molecule has 94 valence electrons. The maximum atomic E-state index is 5.83. The second-order valence-corrected chi connectivity index (χ2v) is 5.24. The fraction of sp³-hybridized carbons (Fsp3) is 0.714. The fourth-order valence-electron chi connectivity index (χ4n) is 2.38. The molecule has 3 rings (SSSR count). The van der Waals surface area contributed by atoms with Gasteiger partial charge in [-0.2, -0.15) is 0 Å². The van der Waals surface area contributed by atoms with E-state index in [2.05, 4.69) is 11.4 Å². The molecule has 0 bridgehead atoms. The van der Waals surface area contributed by atoms with Crippen LogP contribution in [0.4, 0.5) is 0 Å². The highest BCUT2D eigenvalue weighted by atomic mass is 16.5. The second kappa shape index (κ2) is 5.23. The first kappa shape index (κ1) is 11.3. The second-order valence-electron chi connectivity index (χ2n) is 5.24. The van der Waals surface area contributed by atoms with Crippen LogP contribution in [0.5, 0.6) is 0 Å². The van der Waals surface area contributed by atoms with Gasteiger partial charge < -0.3 is 14.5 Å². The summed E-state index contributed by atoms with van der Waals surface area (Å²) in [6.07, 6.45) is 8.18. The Labute approximate surface area is 103 Å². The van der Waals surface area contributed by atoms with Crippen LogP contribution in [0.3, 0.4) is 0 Å². The average molecular weight is 235 g/mol. The zero-order valence-electron chi connectivity index (χ0n) is 10.3. The zero-order valence-corrected chi connectivity index (χ0v) is 10.3. The number of furan rings is 1. The lowest BCUT2D eigenvalue weighted by Gasteiger charge is -2.08. The van der Waals surface area contributed by atoms with Crippen molar-refractivity contribution in [1.82, 2.24) is 5.32 Å². The number of ether oxygens (including phenoxy) is 1. The van der Waals surface area contributed by atoms with Gasteiger partial charge in [0.05, 0.1) is 12.6 Å². The van der Waals surface area contributed by atoms with Crippen molar-refractivity contribution < 1.29 is 9.15 Å². The van der Waals surface area contributed by atoms with Crippen LogP contribution < -0.4 is 5.32 Å². The van der Waals surface area contributed by atoms with E-state index >= 15 is 0 Å². The van der Waals surface area contributed by atoms with Crippen LogP contribution in [0, 0.1) is 0 Å². The molecule has 0 spiro atoms. The molecule has 1 aromatic heterocycles. The zero-order chi connectivity index (χ0) is 11.5. The van der Waals surface area contributed by atoms with Crippen molar-refractivity contribution in [2.24, 2.45) is 0 Å². The summed E-state index contributed by atoms with van der Waals surface area (Å²) < 4.78 is 11.6. The third kappa shape index (κ3) is 3.33. The maximum Gasteiger partial charge on any atom is 0.129 e. The lowest BCUT2D eigenvalue weighted by Crippen LogP contribution is -2.14. The molecule has 3 nitrogen and oxygen atoms in total. The van der Waals surface area contributed by atoms with Crippen LogP contribution in [0.25, 0.3) is 0 Å². The predicted molar refractivity (Wildman–Crippen MR) is 65.6 cm³/mol. The molecule has 0 unspecified atom stereocenters. The van der Waals surface area contributed by atoms with E-state index in [4.69, 9.17) is 9.15 Å². The number of hydrogen-bond acceptors (Lipinski definition) is 3. The third-order valence-electron chi connectivity index (χ3n) is 3.62. The Morgan fingerprint density at radius 1 is 1.12 bits per heavy atom. The van der Waals surface area contributed by atoms with Crippen molar-refractivity contribution in [2.45, 2.75) is 63.8 Å². The molecule has 2 aliphatic rings. The molecule has 1 aromatic rings. The molecule has 2 aliphatic carbocycles. The van der Waals surface area contributed by atoms with Gasteiger partial charge >= 0.3 is 0 Å². The first-order valence-electron chi connectivity index (χ1n) is 6.83. The van der Waals surface area contributed by atoms with E-state index in [9.17, 15) is 0 Å². The standard InChI is InChI=1S/C14H21NO2/c1-2-4-12(3-1)16-10-14-8-7-13(17-14)9-15-11-5-6-11/h7-8,11-12,15H,1-6,9-10H2. The van der Waals surface area contributed by atoms with Crippen LogP contribution in [0.15, 0.2) is 16.5 Å². The monoisotopic (exact) mass is 235 g/mol. The number of nitrogens with one attached hydrogen (secondary N) is 1. The van der Waals surface area contributed by atoms with Crippen LogP contribution in [-0.4, -0.2) is 12.1 Å². The third-order valence-corrected chi connectivity index (χ3v) is 3.62. The van der Waals surface area contributed by atoms with Crippen molar-refractivity contribution >= 4 is 0 Å².